The summed E-state index contributed by atoms with van der Waals surface area (Å²) in [6.45, 7) is 5.49. The van der Waals surface area contributed by atoms with Crippen LogP contribution in [0.15, 0.2) is 30.3 Å². The number of nitrogens with zero attached hydrogens (tertiary/aromatic N) is 1. The van der Waals surface area contributed by atoms with Crippen LogP contribution in [0.2, 0.25) is 0 Å². The molecule has 1 aromatic rings. The monoisotopic (exact) mass is 218 g/mol. The smallest absolute Gasteiger partial charge is 0.0105 e. The maximum Gasteiger partial charge on any atom is 0.0105 e. The van der Waals surface area contributed by atoms with Crippen LogP contribution in [0.5, 0.6) is 0 Å². The molecule has 1 fully saturated rings. The third kappa shape index (κ3) is 2.45. The quantitative estimate of drug-likeness (QED) is 0.821. The molecule has 0 aliphatic carbocycles. The summed E-state index contributed by atoms with van der Waals surface area (Å²) in [5.74, 6) is 0.744. The molecule has 88 valence electrons. The number of benzene rings is 1. The Bertz CT molecular complexity index is 304. The van der Waals surface area contributed by atoms with Gasteiger partial charge in [0.05, 0.1) is 0 Å². The van der Waals surface area contributed by atoms with E-state index in [1.54, 1.807) is 0 Å². The zero-order valence-electron chi connectivity index (χ0n) is 10.1. The van der Waals surface area contributed by atoms with E-state index in [-0.39, 0.29) is 0 Å². The van der Waals surface area contributed by atoms with E-state index in [4.69, 9.17) is 5.73 Å². The number of nitrogens with two attached hydrogens (primary N) is 1. The Morgan fingerprint density at radius 3 is 2.56 bits per heavy atom. The average molecular weight is 218 g/mol. The third-order valence-corrected chi connectivity index (χ3v) is 3.67. The Morgan fingerprint density at radius 2 is 2.00 bits per heavy atom. The van der Waals surface area contributed by atoms with Crippen LogP contribution in [0, 0.1) is 0 Å². The second-order valence-electron chi connectivity index (χ2n) is 4.70. The van der Waals surface area contributed by atoms with Crippen LogP contribution in [0.3, 0.4) is 0 Å². The van der Waals surface area contributed by atoms with Gasteiger partial charge in [0.1, 0.15) is 0 Å². The molecule has 16 heavy (non-hydrogen) atoms. The number of likely N-dealkylation sites (tertiary alicyclic amines) is 1. The molecule has 2 heteroatoms. The molecule has 0 aromatic heterocycles. The summed E-state index contributed by atoms with van der Waals surface area (Å²) in [6, 6.07) is 11.5. The second-order valence-corrected chi connectivity index (χ2v) is 4.70. The van der Waals surface area contributed by atoms with Gasteiger partial charge in [0.15, 0.2) is 0 Å². The predicted octanol–water partition coefficient (Wildman–Crippen LogP) is 2.21. The van der Waals surface area contributed by atoms with Crippen molar-refractivity contribution in [1.82, 2.24) is 4.90 Å². The van der Waals surface area contributed by atoms with Crippen molar-refractivity contribution in [3.05, 3.63) is 35.9 Å². The summed E-state index contributed by atoms with van der Waals surface area (Å²) in [4.78, 5) is 2.57. The Labute approximate surface area is 98.4 Å². The van der Waals surface area contributed by atoms with Crippen LogP contribution in [0.1, 0.15) is 31.2 Å². The fourth-order valence-corrected chi connectivity index (χ4v) is 2.58. The predicted molar refractivity (Wildman–Crippen MR) is 68.5 cm³/mol. The molecule has 2 N–H and O–H groups in total. The van der Waals surface area contributed by atoms with E-state index < -0.39 is 0 Å². The Balaban J connectivity index is 1.85. The highest BCUT2D eigenvalue weighted by Gasteiger charge is 2.31. The normalized spacial score (nSPS) is 19.4. The van der Waals surface area contributed by atoms with Crippen molar-refractivity contribution in [2.45, 2.75) is 31.7 Å². The Hall–Kier alpha value is -0.860. The lowest BCUT2D eigenvalue weighted by Gasteiger charge is -2.44. The molecule has 0 radical (unpaired) electrons. The highest BCUT2D eigenvalue weighted by Crippen LogP contribution is 2.29. The summed E-state index contributed by atoms with van der Waals surface area (Å²) in [5.41, 5.74) is 7.13. The van der Waals surface area contributed by atoms with E-state index in [1.165, 1.54) is 25.1 Å². The lowest BCUT2D eigenvalue weighted by atomic mass is 9.89. The fourth-order valence-electron chi connectivity index (χ4n) is 2.58. The zero-order valence-corrected chi connectivity index (χ0v) is 10.1. The van der Waals surface area contributed by atoms with E-state index in [9.17, 15) is 0 Å². The molecule has 1 aliphatic rings. The summed E-state index contributed by atoms with van der Waals surface area (Å²) in [7, 11) is 0. The summed E-state index contributed by atoms with van der Waals surface area (Å²) in [5, 5.41) is 0. The minimum atomic E-state index is 0.699. The molecule has 1 saturated heterocycles. The van der Waals surface area contributed by atoms with Crippen molar-refractivity contribution in [2.24, 2.45) is 5.73 Å². The first-order valence-corrected chi connectivity index (χ1v) is 6.34. The van der Waals surface area contributed by atoms with E-state index in [1.807, 2.05) is 0 Å². The van der Waals surface area contributed by atoms with E-state index in [0.717, 1.165) is 18.9 Å². The first kappa shape index (κ1) is 11.6. The molecule has 1 atom stereocenters. The number of hydrogen-bond donors (Lipinski definition) is 1. The van der Waals surface area contributed by atoms with E-state index >= 15 is 0 Å². The number of rotatable bonds is 5. The van der Waals surface area contributed by atoms with E-state index in [0.29, 0.717) is 6.04 Å². The van der Waals surface area contributed by atoms with Crippen molar-refractivity contribution in [1.29, 1.82) is 0 Å². The van der Waals surface area contributed by atoms with Gasteiger partial charge in [0.2, 0.25) is 0 Å². The molecular weight excluding hydrogens is 196 g/mol. The van der Waals surface area contributed by atoms with Crippen molar-refractivity contribution >= 4 is 0 Å². The molecule has 1 aliphatic heterocycles. The van der Waals surface area contributed by atoms with Gasteiger partial charge in [-0.1, -0.05) is 37.3 Å². The standard InChI is InChI=1S/C14H22N2/c1-2-14(8-9-15)16-10-13(11-16)12-6-4-3-5-7-12/h3-7,13-14H,2,8-11,15H2,1H3. The van der Waals surface area contributed by atoms with Gasteiger partial charge in [-0.25, -0.2) is 0 Å². The van der Waals surface area contributed by atoms with Gasteiger partial charge in [-0.3, -0.25) is 4.90 Å². The Kier molecular flexibility index (Phi) is 3.97. The van der Waals surface area contributed by atoms with E-state index in [2.05, 4.69) is 42.2 Å². The molecular formula is C14H22N2. The van der Waals surface area contributed by atoms with Gasteiger partial charge in [-0.15, -0.1) is 0 Å². The van der Waals surface area contributed by atoms with Gasteiger partial charge in [-0.05, 0) is 24.9 Å². The molecule has 1 heterocycles. The third-order valence-electron chi connectivity index (χ3n) is 3.67. The summed E-state index contributed by atoms with van der Waals surface area (Å²) in [6.07, 6.45) is 2.36. The average Bonchev–Trinajstić information content (AvgIpc) is 2.27. The maximum absolute atomic E-state index is 5.64. The minimum absolute atomic E-state index is 0.699. The summed E-state index contributed by atoms with van der Waals surface area (Å²) >= 11 is 0. The van der Waals surface area contributed by atoms with Gasteiger partial charge >= 0.3 is 0 Å². The first-order valence-electron chi connectivity index (χ1n) is 6.34. The van der Waals surface area contributed by atoms with Crippen molar-refractivity contribution in [3.63, 3.8) is 0 Å². The zero-order chi connectivity index (χ0) is 11.4. The summed E-state index contributed by atoms with van der Waals surface area (Å²) < 4.78 is 0. The van der Waals surface area contributed by atoms with Gasteiger partial charge < -0.3 is 5.73 Å². The molecule has 0 saturated carbocycles. The molecule has 1 unspecified atom stereocenters. The van der Waals surface area contributed by atoms with Crippen molar-refractivity contribution < 1.29 is 0 Å². The molecule has 0 spiro atoms. The van der Waals surface area contributed by atoms with Crippen LogP contribution in [-0.2, 0) is 0 Å². The lowest BCUT2D eigenvalue weighted by molar-refractivity contribution is 0.0848. The largest absolute Gasteiger partial charge is 0.330 e. The lowest BCUT2D eigenvalue weighted by Crippen LogP contribution is -2.51. The molecule has 2 rings (SSSR count). The Morgan fingerprint density at radius 1 is 1.31 bits per heavy atom. The maximum atomic E-state index is 5.64. The molecule has 1 aromatic carbocycles. The molecule has 2 nitrogen and oxygen atoms in total. The van der Waals surface area contributed by atoms with Crippen LogP contribution < -0.4 is 5.73 Å². The highest BCUT2D eigenvalue weighted by atomic mass is 15.2. The SMILES string of the molecule is CCC(CCN)N1CC(c2ccccc2)C1. The van der Waals surface area contributed by atoms with Crippen LogP contribution in [-0.4, -0.2) is 30.6 Å². The van der Waals surface area contributed by atoms with Gasteiger partial charge in [0, 0.05) is 25.0 Å². The topological polar surface area (TPSA) is 29.3 Å². The minimum Gasteiger partial charge on any atom is -0.330 e. The van der Waals surface area contributed by atoms with Crippen molar-refractivity contribution in [2.75, 3.05) is 19.6 Å². The van der Waals surface area contributed by atoms with Crippen LogP contribution >= 0.6 is 0 Å². The van der Waals surface area contributed by atoms with Crippen molar-refractivity contribution in [3.8, 4) is 0 Å². The highest BCUT2D eigenvalue weighted by molar-refractivity contribution is 5.22. The first-order chi connectivity index (χ1) is 7.85. The fraction of sp³-hybridized carbons (Fsp3) is 0.571. The molecule has 0 bridgehead atoms. The van der Waals surface area contributed by atoms with Crippen LogP contribution in [0.25, 0.3) is 0 Å². The molecule has 0 amide bonds. The number of hydrogen-bond acceptors (Lipinski definition) is 2. The van der Waals surface area contributed by atoms with Gasteiger partial charge in [-0.2, -0.15) is 0 Å². The second kappa shape index (κ2) is 5.46. The van der Waals surface area contributed by atoms with Gasteiger partial charge in [0.25, 0.3) is 0 Å². The van der Waals surface area contributed by atoms with Crippen LogP contribution in [0.4, 0.5) is 0 Å².